The number of nitrogens with zero attached hydrogens (tertiary/aromatic N) is 3. The molecular weight excluding hydrogens is 738 g/mol. The second-order valence-corrected chi connectivity index (χ2v) is 15.4. The molecule has 4 heterocycles. The maximum Gasteiger partial charge on any atom is 0.340 e. The lowest BCUT2D eigenvalue weighted by Gasteiger charge is -2.52. The summed E-state index contributed by atoms with van der Waals surface area (Å²) < 4.78 is 38.5. The van der Waals surface area contributed by atoms with Crippen LogP contribution in [0.3, 0.4) is 0 Å². The Kier molecular flexibility index (Phi) is 10.3. The molecule has 2 bridgehead atoms. The van der Waals surface area contributed by atoms with E-state index in [1.165, 1.54) is 62.3 Å². The molecule has 1 aliphatic heterocycles. The van der Waals surface area contributed by atoms with Gasteiger partial charge in [-0.25, -0.2) is 14.4 Å². The minimum Gasteiger partial charge on any atom is -0.461 e. The van der Waals surface area contributed by atoms with Crippen molar-refractivity contribution in [2.75, 3.05) is 0 Å². The Hall–Kier alpha value is -5.80. The van der Waals surface area contributed by atoms with Gasteiger partial charge < -0.3 is 33.5 Å². The highest BCUT2D eigenvalue weighted by Gasteiger charge is 2.84. The molecule has 7 rings (SSSR count). The predicted molar refractivity (Wildman–Crippen MR) is 197 cm³/mol. The van der Waals surface area contributed by atoms with E-state index in [0.717, 1.165) is 6.92 Å². The Balaban J connectivity index is 1.53. The molecule has 3 aromatic rings. The molecule has 15 heteroatoms. The van der Waals surface area contributed by atoms with E-state index >= 15 is 0 Å². The van der Waals surface area contributed by atoms with Crippen molar-refractivity contribution in [1.82, 2.24) is 15.0 Å². The van der Waals surface area contributed by atoms with Crippen LogP contribution in [0, 0.1) is 29.1 Å². The molecule has 0 spiro atoms. The van der Waals surface area contributed by atoms with Crippen LogP contribution in [0.1, 0.15) is 72.1 Å². The molecule has 1 N–H and O–H groups in total. The first-order chi connectivity index (χ1) is 27.1. The largest absolute Gasteiger partial charge is 0.461 e. The number of allylic oxidation sites excluding steroid dienone is 2. The Morgan fingerprint density at radius 1 is 0.789 bits per heavy atom. The third-order valence-electron chi connectivity index (χ3n) is 11.8. The Bertz CT molecular complexity index is 2100. The molecule has 15 nitrogen and oxygen atoms in total. The van der Waals surface area contributed by atoms with Crippen LogP contribution >= 0.6 is 0 Å². The number of rotatable bonds is 9. The highest BCUT2D eigenvalue weighted by Crippen LogP contribution is 2.70. The van der Waals surface area contributed by atoms with E-state index in [0.29, 0.717) is 5.57 Å². The van der Waals surface area contributed by atoms with Gasteiger partial charge in [-0.3, -0.25) is 24.5 Å². The molecule has 1 saturated heterocycles. The van der Waals surface area contributed by atoms with Gasteiger partial charge in [0.25, 0.3) is 0 Å². The van der Waals surface area contributed by atoms with Gasteiger partial charge in [0.05, 0.1) is 22.6 Å². The summed E-state index contributed by atoms with van der Waals surface area (Å²) in [5, 5.41) is 12.6. The molecule has 12 atom stereocenters. The van der Waals surface area contributed by atoms with Crippen molar-refractivity contribution in [3.05, 3.63) is 115 Å². The molecule has 3 fully saturated rings. The number of esters is 5. The predicted octanol–water partition coefficient (Wildman–Crippen LogP) is 4.22. The number of aromatic nitrogens is 3. The molecule has 0 amide bonds. The van der Waals surface area contributed by atoms with E-state index in [4.69, 9.17) is 28.4 Å². The van der Waals surface area contributed by atoms with E-state index in [1.807, 2.05) is 0 Å². The van der Waals surface area contributed by atoms with Crippen molar-refractivity contribution >= 4 is 29.8 Å². The Morgan fingerprint density at radius 2 is 1.33 bits per heavy atom. The first-order valence-electron chi connectivity index (χ1n) is 18.5. The van der Waals surface area contributed by atoms with E-state index < -0.39 is 101 Å². The number of ether oxygens (including phenoxy) is 6. The maximum atomic E-state index is 14.3. The fourth-order valence-electron chi connectivity index (χ4n) is 9.93. The van der Waals surface area contributed by atoms with Gasteiger partial charge in [0.15, 0.2) is 18.0 Å². The SMILES string of the molecule is C=C(C)[C@H]1C=C[C@@H](OC(=O)c2cccnc2)[C@@]23C(O)O[C@@](C)([C@@H](OC(=O)c4cccnc4)[C@@]4(OC(C)=O)C[C@H](C)[C@H](OC(=O)c5cccnc5)[C@@H]4[C@H]2OC(C)=O)[C@H]13. The first kappa shape index (κ1) is 39.4. The molecule has 298 valence electrons. The fourth-order valence-corrected chi connectivity index (χ4v) is 9.93. The summed E-state index contributed by atoms with van der Waals surface area (Å²) in [7, 11) is 0. The molecule has 3 aromatic heterocycles. The van der Waals surface area contributed by atoms with Crippen LogP contribution in [0.2, 0.25) is 0 Å². The van der Waals surface area contributed by atoms with Gasteiger partial charge in [-0.2, -0.15) is 0 Å². The van der Waals surface area contributed by atoms with Crippen LogP contribution in [0.25, 0.3) is 0 Å². The van der Waals surface area contributed by atoms with Crippen molar-refractivity contribution < 1.29 is 57.5 Å². The molecule has 57 heavy (non-hydrogen) atoms. The minimum absolute atomic E-state index is 0.0510. The first-order valence-corrected chi connectivity index (χ1v) is 18.5. The summed E-state index contributed by atoms with van der Waals surface area (Å²) in [6, 6.07) is 9.16. The maximum absolute atomic E-state index is 14.3. The van der Waals surface area contributed by atoms with Crippen LogP contribution in [-0.4, -0.2) is 91.8 Å². The number of pyridine rings is 3. The molecule has 0 radical (unpaired) electrons. The Morgan fingerprint density at radius 3 is 1.82 bits per heavy atom. The van der Waals surface area contributed by atoms with Crippen LogP contribution in [0.5, 0.6) is 0 Å². The van der Waals surface area contributed by atoms with Crippen molar-refractivity contribution in [3.8, 4) is 0 Å². The summed E-state index contributed by atoms with van der Waals surface area (Å²) in [4.78, 5) is 81.3. The third-order valence-corrected chi connectivity index (χ3v) is 11.8. The minimum atomic E-state index is -1.97. The number of aliphatic hydroxyl groups excluding tert-OH is 1. The van der Waals surface area contributed by atoms with Crippen LogP contribution in [0.4, 0.5) is 0 Å². The second-order valence-electron chi connectivity index (χ2n) is 15.4. The number of hydrogen-bond donors (Lipinski definition) is 1. The summed E-state index contributed by atoms with van der Waals surface area (Å²) >= 11 is 0. The van der Waals surface area contributed by atoms with Gasteiger partial charge in [0, 0.05) is 62.9 Å². The van der Waals surface area contributed by atoms with E-state index in [2.05, 4.69) is 21.5 Å². The number of fused-ring (bicyclic) bond motifs is 1. The smallest absolute Gasteiger partial charge is 0.340 e. The lowest BCUT2D eigenvalue weighted by Crippen LogP contribution is -2.66. The molecule has 0 aromatic carbocycles. The van der Waals surface area contributed by atoms with E-state index in [1.54, 1.807) is 51.1 Å². The third kappa shape index (κ3) is 6.48. The normalized spacial score (nSPS) is 34.7. The summed E-state index contributed by atoms with van der Waals surface area (Å²) in [5.74, 6) is -7.95. The van der Waals surface area contributed by atoms with Gasteiger partial charge in [-0.1, -0.05) is 25.2 Å². The highest BCUT2D eigenvalue weighted by atomic mass is 16.7. The molecule has 4 aliphatic rings. The standard InChI is InChI=1S/C42H43N3O12/c1-22(2)29-13-14-30(53-35(48)26-10-7-15-43-19-26)42-33(29)40(6,57-39(42)51)38(55-37(50)28-12-9-17-45-21-28)41(56-25(5)47)18-23(3)32(31(41)34(42)52-24(4)46)54-36(49)27-11-8-16-44-20-27/h7-17,19-21,23,29-34,38-39,51H,1,18H2,2-6H3/t23-,29+,30+,31+,32-,33-,34+,38+,39?,40+,41+,42-/m0/s1. The van der Waals surface area contributed by atoms with Crippen LogP contribution < -0.4 is 0 Å². The highest BCUT2D eigenvalue weighted by molar-refractivity contribution is 5.90. The number of carbonyl (C=O) groups is 5. The lowest BCUT2D eigenvalue weighted by molar-refractivity contribution is -0.281. The second kappa shape index (κ2) is 14.9. The van der Waals surface area contributed by atoms with Crippen LogP contribution in [0.15, 0.2) is 97.9 Å². The average molecular weight is 782 g/mol. The van der Waals surface area contributed by atoms with Crippen molar-refractivity contribution in [2.24, 2.45) is 29.1 Å². The van der Waals surface area contributed by atoms with Gasteiger partial charge in [0.2, 0.25) is 0 Å². The van der Waals surface area contributed by atoms with Crippen molar-refractivity contribution in [1.29, 1.82) is 0 Å². The molecule has 1 unspecified atom stereocenters. The fraction of sp³-hybridized carbons (Fsp3) is 0.429. The van der Waals surface area contributed by atoms with E-state index in [-0.39, 0.29) is 23.1 Å². The summed E-state index contributed by atoms with van der Waals surface area (Å²) in [5.41, 5.74) is -4.94. The summed E-state index contributed by atoms with van der Waals surface area (Å²) in [6.45, 7) is 11.7. The lowest BCUT2D eigenvalue weighted by atomic mass is 9.54. The molecular formula is C42H43N3O12. The van der Waals surface area contributed by atoms with E-state index in [9.17, 15) is 29.1 Å². The zero-order chi connectivity index (χ0) is 40.9. The van der Waals surface area contributed by atoms with Gasteiger partial charge in [-0.05, 0) is 68.7 Å². The topological polar surface area (TPSA) is 200 Å². The van der Waals surface area contributed by atoms with Crippen molar-refractivity contribution in [3.63, 3.8) is 0 Å². The van der Waals surface area contributed by atoms with Crippen molar-refractivity contribution in [2.45, 2.75) is 82.9 Å². The number of hydrogen-bond acceptors (Lipinski definition) is 15. The number of carbonyl (C=O) groups excluding carboxylic acids is 5. The van der Waals surface area contributed by atoms with Gasteiger partial charge in [0.1, 0.15) is 29.3 Å². The van der Waals surface area contributed by atoms with Gasteiger partial charge in [-0.15, -0.1) is 0 Å². The average Bonchev–Trinajstić information content (AvgIpc) is 3.57. The summed E-state index contributed by atoms with van der Waals surface area (Å²) in [6.07, 6.45) is 3.84. The number of aliphatic hydroxyl groups is 1. The zero-order valence-electron chi connectivity index (χ0n) is 32.0. The quantitative estimate of drug-likeness (QED) is 0.184. The zero-order valence-corrected chi connectivity index (χ0v) is 32.0. The Labute approximate surface area is 328 Å². The monoisotopic (exact) mass is 781 g/mol. The van der Waals surface area contributed by atoms with Crippen LogP contribution in [-0.2, 0) is 38.0 Å². The molecule has 2 saturated carbocycles. The van der Waals surface area contributed by atoms with Gasteiger partial charge >= 0.3 is 29.8 Å². The molecule has 3 aliphatic carbocycles.